The number of hydrogen-bond acceptors (Lipinski definition) is 5. The monoisotopic (exact) mass is 305 g/mol. The van der Waals surface area contributed by atoms with Crippen molar-refractivity contribution in [3.63, 3.8) is 0 Å². The van der Waals surface area contributed by atoms with Gasteiger partial charge in [0.1, 0.15) is 15.6 Å². The van der Waals surface area contributed by atoms with Crippen LogP contribution < -0.4 is 4.74 Å². The van der Waals surface area contributed by atoms with E-state index in [1.54, 1.807) is 24.3 Å². The summed E-state index contributed by atoms with van der Waals surface area (Å²) in [5, 5.41) is 9.60. The number of hydrogen-bond donors (Lipinski definition) is 1. The van der Waals surface area contributed by atoms with Gasteiger partial charge in [-0.15, -0.1) is 11.3 Å². The molecule has 1 N–H and O–H groups in total. The Bertz CT molecular complexity index is 642. The molecule has 1 heterocycles. The molecule has 0 aliphatic carbocycles. The van der Waals surface area contributed by atoms with E-state index >= 15 is 0 Å². The summed E-state index contributed by atoms with van der Waals surface area (Å²) in [7, 11) is 0. The number of carboxylic acid groups (broad SMARTS) is 1. The first-order valence-corrected chi connectivity index (χ1v) is 7.22. The third kappa shape index (κ3) is 3.46. The van der Waals surface area contributed by atoms with Crippen molar-refractivity contribution in [1.29, 1.82) is 0 Å². The summed E-state index contributed by atoms with van der Waals surface area (Å²) in [6, 6.07) is 7.19. The second-order valence-corrected chi connectivity index (χ2v) is 5.75. The Labute approximate surface area is 126 Å². The van der Waals surface area contributed by atoms with Gasteiger partial charge in [-0.2, -0.15) is 0 Å². The molecular formula is C15H15NO4S. The second kappa shape index (κ2) is 6.05. The molecule has 0 aliphatic heterocycles. The number of aromatic nitrogens is 1. The Balaban J connectivity index is 2.36. The molecule has 0 amide bonds. The zero-order valence-corrected chi connectivity index (χ0v) is 12.7. The van der Waals surface area contributed by atoms with E-state index in [2.05, 4.69) is 4.98 Å². The van der Waals surface area contributed by atoms with E-state index in [0.717, 1.165) is 22.6 Å². The summed E-state index contributed by atoms with van der Waals surface area (Å²) in [6.45, 7) is 5.21. The Morgan fingerprint density at radius 3 is 2.29 bits per heavy atom. The van der Waals surface area contributed by atoms with E-state index in [1.807, 2.05) is 13.8 Å². The van der Waals surface area contributed by atoms with E-state index in [1.165, 1.54) is 6.92 Å². The number of carbonyl (C=O) groups excluding carboxylic acids is 1. The van der Waals surface area contributed by atoms with Crippen molar-refractivity contribution in [2.75, 3.05) is 0 Å². The van der Waals surface area contributed by atoms with Crippen molar-refractivity contribution < 1.29 is 19.4 Å². The van der Waals surface area contributed by atoms with E-state index in [4.69, 9.17) is 9.84 Å². The van der Waals surface area contributed by atoms with Crippen LogP contribution in [0, 0.1) is 0 Å². The summed E-state index contributed by atoms with van der Waals surface area (Å²) in [6.07, 6.45) is 0.0821. The minimum absolute atomic E-state index is 0.0821. The van der Waals surface area contributed by atoms with Gasteiger partial charge in [0.2, 0.25) is 0 Å². The number of carboxylic acids is 1. The lowest BCUT2D eigenvalue weighted by atomic mass is 10.2. The maximum atomic E-state index is 11.5. The number of ketones is 1. The zero-order chi connectivity index (χ0) is 15.6. The number of benzene rings is 1. The van der Waals surface area contributed by atoms with Crippen molar-refractivity contribution >= 4 is 23.1 Å². The van der Waals surface area contributed by atoms with E-state index in [0.29, 0.717) is 5.01 Å². The number of nitrogens with zero attached hydrogens (tertiary/aromatic N) is 1. The normalized spacial score (nSPS) is 10.7. The Morgan fingerprint density at radius 2 is 1.86 bits per heavy atom. The molecule has 1 aromatic carbocycles. The first kappa shape index (κ1) is 15.2. The maximum Gasteiger partial charge on any atom is 0.356 e. The molecule has 5 nitrogen and oxygen atoms in total. The zero-order valence-electron chi connectivity index (χ0n) is 11.9. The van der Waals surface area contributed by atoms with E-state index in [9.17, 15) is 9.59 Å². The highest BCUT2D eigenvalue weighted by molar-refractivity contribution is 7.17. The SMILES string of the molecule is CC(=O)c1sc(-c2ccc(OC(C)C)cc2)nc1C(=O)O. The molecule has 0 spiro atoms. The summed E-state index contributed by atoms with van der Waals surface area (Å²) < 4.78 is 5.55. The number of rotatable bonds is 5. The van der Waals surface area contributed by atoms with Gasteiger partial charge >= 0.3 is 5.97 Å². The fourth-order valence-electron chi connectivity index (χ4n) is 1.78. The number of thiazole rings is 1. The minimum Gasteiger partial charge on any atom is -0.491 e. The molecule has 1 aromatic heterocycles. The third-order valence-corrected chi connectivity index (χ3v) is 3.83. The molecule has 0 aliphatic rings. The molecule has 2 rings (SSSR count). The van der Waals surface area contributed by atoms with Gasteiger partial charge in [0.05, 0.1) is 6.10 Å². The van der Waals surface area contributed by atoms with Crippen LogP contribution >= 0.6 is 11.3 Å². The average molecular weight is 305 g/mol. The summed E-state index contributed by atoms with van der Waals surface area (Å²) >= 11 is 1.09. The van der Waals surface area contributed by atoms with Gasteiger partial charge in [0.15, 0.2) is 11.5 Å². The van der Waals surface area contributed by atoms with Crippen molar-refractivity contribution in [3.8, 4) is 16.3 Å². The van der Waals surface area contributed by atoms with Crippen LogP contribution in [0.3, 0.4) is 0 Å². The van der Waals surface area contributed by atoms with Crippen molar-refractivity contribution in [2.24, 2.45) is 0 Å². The molecule has 110 valence electrons. The van der Waals surface area contributed by atoms with Crippen LogP contribution in [-0.4, -0.2) is 27.9 Å². The second-order valence-electron chi connectivity index (χ2n) is 4.75. The summed E-state index contributed by atoms with van der Waals surface area (Å²) in [4.78, 5) is 26.8. The smallest absolute Gasteiger partial charge is 0.356 e. The van der Waals surface area contributed by atoms with Gasteiger partial charge in [-0.3, -0.25) is 4.79 Å². The molecular weight excluding hydrogens is 290 g/mol. The predicted molar refractivity (Wildman–Crippen MR) is 80.3 cm³/mol. The quantitative estimate of drug-likeness (QED) is 0.856. The Kier molecular flexibility index (Phi) is 4.37. The van der Waals surface area contributed by atoms with E-state index in [-0.39, 0.29) is 22.5 Å². The van der Waals surface area contributed by atoms with Crippen LogP contribution in [-0.2, 0) is 0 Å². The molecule has 0 saturated heterocycles. The predicted octanol–water partition coefficient (Wildman–Crippen LogP) is 3.50. The summed E-state index contributed by atoms with van der Waals surface area (Å²) in [5.74, 6) is -0.756. The topological polar surface area (TPSA) is 76.5 Å². The molecule has 6 heteroatoms. The number of ether oxygens (including phenoxy) is 1. The molecule has 0 atom stereocenters. The summed E-state index contributed by atoms with van der Waals surface area (Å²) in [5.41, 5.74) is 0.566. The standard InChI is InChI=1S/C15H15NO4S/c1-8(2)20-11-6-4-10(5-7-11)14-16-12(15(18)19)13(21-14)9(3)17/h4-8H,1-3H3,(H,18,19). The van der Waals surface area contributed by atoms with Gasteiger partial charge in [-0.1, -0.05) is 0 Å². The van der Waals surface area contributed by atoms with Crippen molar-refractivity contribution in [2.45, 2.75) is 26.9 Å². The van der Waals surface area contributed by atoms with Crippen molar-refractivity contribution in [1.82, 2.24) is 4.98 Å². The number of aromatic carboxylic acids is 1. The van der Waals surface area contributed by atoms with Gasteiger partial charge < -0.3 is 9.84 Å². The Hall–Kier alpha value is -2.21. The molecule has 0 saturated carbocycles. The van der Waals surface area contributed by atoms with Crippen molar-refractivity contribution in [3.05, 3.63) is 34.8 Å². The highest BCUT2D eigenvalue weighted by atomic mass is 32.1. The van der Waals surface area contributed by atoms with Gasteiger partial charge in [0, 0.05) is 12.5 Å². The van der Waals surface area contributed by atoms with Crippen LogP contribution in [0.4, 0.5) is 0 Å². The third-order valence-electron chi connectivity index (χ3n) is 2.62. The first-order chi connectivity index (χ1) is 9.88. The van der Waals surface area contributed by atoms with Crippen LogP contribution in [0.2, 0.25) is 0 Å². The molecule has 0 fully saturated rings. The highest BCUT2D eigenvalue weighted by Gasteiger charge is 2.21. The fourth-order valence-corrected chi connectivity index (χ4v) is 2.73. The van der Waals surface area contributed by atoms with Crippen LogP contribution in [0.1, 0.15) is 40.9 Å². The van der Waals surface area contributed by atoms with Crippen LogP contribution in [0.5, 0.6) is 5.75 Å². The minimum atomic E-state index is -1.19. The van der Waals surface area contributed by atoms with Gasteiger partial charge in [-0.05, 0) is 38.1 Å². The average Bonchev–Trinajstić information content (AvgIpc) is 2.84. The first-order valence-electron chi connectivity index (χ1n) is 6.40. The maximum absolute atomic E-state index is 11.5. The molecule has 0 bridgehead atoms. The molecule has 2 aromatic rings. The number of Topliss-reactive ketones (excluding diaryl/α,β-unsaturated/α-hetero) is 1. The highest BCUT2D eigenvalue weighted by Crippen LogP contribution is 2.30. The van der Waals surface area contributed by atoms with Gasteiger partial charge in [0.25, 0.3) is 0 Å². The lowest BCUT2D eigenvalue weighted by Crippen LogP contribution is -2.05. The molecule has 21 heavy (non-hydrogen) atoms. The van der Waals surface area contributed by atoms with E-state index < -0.39 is 5.97 Å². The molecule has 0 unspecified atom stereocenters. The fraction of sp³-hybridized carbons (Fsp3) is 0.267. The Morgan fingerprint density at radius 1 is 1.24 bits per heavy atom. The lowest BCUT2D eigenvalue weighted by Gasteiger charge is -2.09. The molecule has 0 radical (unpaired) electrons. The number of carbonyl (C=O) groups is 2. The lowest BCUT2D eigenvalue weighted by molar-refractivity contribution is 0.0687. The largest absolute Gasteiger partial charge is 0.491 e. The van der Waals surface area contributed by atoms with Crippen LogP contribution in [0.25, 0.3) is 10.6 Å². The van der Waals surface area contributed by atoms with Crippen LogP contribution in [0.15, 0.2) is 24.3 Å². The van der Waals surface area contributed by atoms with Gasteiger partial charge in [-0.25, -0.2) is 9.78 Å².